The van der Waals surface area contributed by atoms with Crippen molar-refractivity contribution in [2.75, 3.05) is 0 Å². The van der Waals surface area contributed by atoms with Crippen LogP contribution in [0.2, 0.25) is 0 Å². The molecular formula is C27H48O2. The van der Waals surface area contributed by atoms with Crippen molar-refractivity contribution in [3.05, 3.63) is 0 Å². The van der Waals surface area contributed by atoms with Crippen molar-refractivity contribution in [3.8, 4) is 0 Å². The molecule has 0 heterocycles. The fourth-order valence-electron chi connectivity index (χ4n) is 9.13. The van der Waals surface area contributed by atoms with Crippen LogP contribution in [0.5, 0.6) is 0 Å². The molecule has 168 valence electrons. The van der Waals surface area contributed by atoms with Crippen LogP contribution in [0.15, 0.2) is 0 Å². The van der Waals surface area contributed by atoms with E-state index >= 15 is 0 Å². The highest BCUT2D eigenvalue weighted by atomic mass is 16.3. The van der Waals surface area contributed by atoms with E-state index in [9.17, 15) is 10.2 Å². The molecule has 0 spiro atoms. The summed E-state index contributed by atoms with van der Waals surface area (Å²) in [7, 11) is 0. The molecule has 2 heteroatoms. The molecule has 0 aromatic rings. The molecule has 4 fully saturated rings. The number of rotatable bonds is 5. The predicted octanol–water partition coefficient (Wildman–Crippen LogP) is 6.44. The Bertz CT molecular complexity index is 575. The van der Waals surface area contributed by atoms with Crippen molar-refractivity contribution in [2.24, 2.45) is 52.3 Å². The van der Waals surface area contributed by atoms with Crippen LogP contribution >= 0.6 is 0 Å². The standard InChI is InChI=1S/C27H48O2/c1-6-17(2)7-8-18(3)21-9-10-22-25-23(12-14-27(21,22)5)26(4)13-11-20(28)15-19(26)16-24(25)29/h17-25,28-29H,6-16H2,1-5H3. The number of hydrogen-bond acceptors (Lipinski definition) is 2. The van der Waals surface area contributed by atoms with Gasteiger partial charge in [-0.05, 0) is 104 Å². The number of fused-ring (bicyclic) bond motifs is 5. The maximum atomic E-state index is 11.4. The lowest BCUT2D eigenvalue weighted by molar-refractivity contribution is -0.174. The second-order valence-corrected chi connectivity index (χ2v) is 12.5. The van der Waals surface area contributed by atoms with E-state index in [1.807, 2.05) is 0 Å². The second-order valence-electron chi connectivity index (χ2n) is 12.5. The van der Waals surface area contributed by atoms with Gasteiger partial charge in [0.05, 0.1) is 12.2 Å². The Morgan fingerprint density at radius 3 is 2.28 bits per heavy atom. The van der Waals surface area contributed by atoms with Crippen molar-refractivity contribution in [3.63, 3.8) is 0 Å². The summed E-state index contributed by atoms with van der Waals surface area (Å²) in [4.78, 5) is 0. The van der Waals surface area contributed by atoms with Crippen molar-refractivity contribution >= 4 is 0 Å². The van der Waals surface area contributed by atoms with Gasteiger partial charge in [-0.2, -0.15) is 0 Å². The van der Waals surface area contributed by atoms with Gasteiger partial charge in [-0.1, -0.05) is 53.9 Å². The molecule has 4 aliphatic rings. The Kier molecular flexibility index (Phi) is 6.19. The summed E-state index contributed by atoms with van der Waals surface area (Å²) < 4.78 is 0. The van der Waals surface area contributed by atoms with E-state index in [1.54, 1.807) is 0 Å². The highest BCUT2D eigenvalue weighted by Gasteiger charge is 2.62. The first-order valence-electron chi connectivity index (χ1n) is 13.1. The molecule has 0 radical (unpaired) electrons. The van der Waals surface area contributed by atoms with Crippen LogP contribution in [0, 0.1) is 52.3 Å². The molecule has 0 amide bonds. The van der Waals surface area contributed by atoms with Crippen molar-refractivity contribution in [2.45, 2.75) is 117 Å². The molecule has 4 saturated carbocycles. The van der Waals surface area contributed by atoms with Gasteiger partial charge in [0, 0.05) is 0 Å². The topological polar surface area (TPSA) is 40.5 Å². The van der Waals surface area contributed by atoms with Crippen LogP contribution in [-0.2, 0) is 0 Å². The average Bonchev–Trinajstić information content (AvgIpc) is 3.04. The molecule has 2 nitrogen and oxygen atoms in total. The number of aliphatic hydroxyl groups excluding tert-OH is 2. The van der Waals surface area contributed by atoms with Gasteiger partial charge in [-0.25, -0.2) is 0 Å². The zero-order valence-corrected chi connectivity index (χ0v) is 19.9. The maximum absolute atomic E-state index is 11.4. The summed E-state index contributed by atoms with van der Waals surface area (Å²) in [5.74, 6) is 4.97. The van der Waals surface area contributed by atoms with Gasteiger partial charge in [0.1, 0.15) is 0 Å². The first-order valence-corrected chi connectivity index (χ1v) is 13.1. The van der Waals surface area contributed by atoms with Crippen LogP contribution in [0.4, 0.5) is 0 Å². The van der Waals surface area contributed by atoms with Crippen LogP contribution in [0.25, 0.3) is 0 Å². The van der Waals surface area contributed by atoms with Crippen LogP contribution in [0.3, 0.4) is 0 Å². The Balaban J connectivity index is 1.52. The summed E-state index contributed by atoms with van der Waals surface area (Å²) in [5, 5.41) is 21.6. The molecule has 0 aromatic heterocycles. The first kappa shape index (κ1) is 22.1. The van der Waals surface area contributed by atoms with Gasteiger partial charge in [-0.3, -0.25) is 0 Å². The molecular weight excluding hydrogens is 356 g/mol. The minimum atomic E-state index is -0.137. The van der Waals surface area contributed by atoms with E-state index in [1.165, 1.54) is 51.4 Å². The predicted molar refractivity (Wildman–Crippen MR) is 120 cm³/mol. The van der Waals surface area contributed by atoms with Crippen molar-refractivity contribution in [1.82, 2.24) is 0 Å². The molecule has 29 heavy (non-hydrogen) atoms. The SMILES string of the molecule is CCC(C)CCC(C)C1CCC2C3C(O)CC4CC(O)CCC4(C)C3CCC12C. The Labute approximate surface area is 180 Å². The van der Waals surface area contributed by atoms with E-state index in [0.29, 0.717) is 28.6 Å². The summed E-state index contributed by atoms with van der Waals surface area (Å²) >= 11 is 0. The van der Waals surface area contributed by atoms with E-state index < -0.39 is 0 Å². The van der Waals surface area contributed by atoms with E-state index in [4.69, 9.17) is 0 Å². The molecule has 0 aliphatic heterocycles. The number of aliphatic hydroxyl groups is 2. The molecule has 11 unspecified atom stereocenters. The minimum absolute atomic E-state index is 0.132. The lowest BCUT2D eigenvalue weighted by atomic mass is 9.43. The highest BCUT2D eigenvalue weighted by Crippen LogP contribution is 2.68. The largest absolute Gasteiger partial charge is 0.393 e. The highest BCUT2D eigenvalue weighted by molar-refractivity contribution is 5.11. The van der Waals surface area contributed by atoms with Gasteiger partial charge in [0.2, 0.25) is 0 Å². The second kappa shape index (κ2) is 8.12. The van der Waals surface area contributed by atoms with Crippen LogP contribution < -0.4 is 0 Å². The molecule has 4 aliphatic carbocycles. The molecule has 0 aromatic carbocycles. The summed E-state index contributed by atoms with van der Waals surface area (Å²) in [6, 6.07) is 0. The van der Waals surface area contributed by atoms with E-state index in [0.717, 1.165) is 42.9 Å². The molecule has 4 rings (SSSR count). The average molecular weight is 405 g/mol. The smallest absolute Gasteiger partial charge is 0.0577 e. The molecule has 11 atom stereocenters. The summed E-state index contributed by atoms with van der Waals surface area (Å²) in [5.41, 5.74) is 0.791. The normalized spacial score (nSPS) is 51.6. The van der Waals surface area contributed by atoms with Gasteiger partial charge in [-0.15, -0.1) is 0 Å². The fourth-order valence-corrected chi connectivity index (χ4v) is 9.13. The quantitative estimate of drug-likeness (QED) is 0.553. The first-order chi connectivity index (χ1) is 13.7. The van der Waals surface area contributed by atoms with E-state index in [2.05, 4.69) is 34.6 Å². The third-order valence-electron chi connectivity index (χ3n) is 11.2. The summed E-state index contributed by atoms with van der Waals surface area (Å²) in [6.07, 6.45) is 13.2. The van der Waals surface area contributed by atoms with Gasteiger partial charge in [0.15, 0.2) is 0 Å². The monoisotopic (exact) mass is 404 g/mol. The third kappa shape index (κ3) is 3.63. The van der Waals surface area contributed by atoms with Crippen molar-refractivity contribution in [1.29, 1.82) is 0 Å². The molecule has 2 N–H and O–H groups in total. The molecule has 0 saturated heterocycles. The van der Waals surface area contributed by atoms with Gasteiger partial charge in [0.25, 0.3) is 0 Å². The maximum Gasteiger partial charge on any atom is 0.0577 e. The van der Waals surface area contributed by atoms with E-state index in [-0.39, 0.29) is 12.2 Å². The third-order valence-corrected chi connectivity index (χ3v) is 11.2. The Morgan fingerprint density at radius 1 is 0.862 bits per heavy atom. The lowest BCUT2D eigenvalue weighted by Crippen LogP contribution is -2.58. The summed E-state index contributed by atoms with van der Waals surface area (Å²) in [6.45, 7) is 12.4. The minimum Gasteiger partial charge on any atom is -0.393 e. The number of hydrogen-bond donors (Lipinski definition) is 2. The zero-order chi connectivity index (χ0) is 21.0. The zero-order valence-electron chi connectivity index (χ0n) is 19.9. The van der Waals surface area contributed by atoms with Crippen molar-refractivity contribution < 1.29 is 10.2 Å². The molecule has 0 bridgehead atoms. The Morgan fingerprint density at radius 2 is 1.55 bits per heavy atom. The lowest BCUT2D eigenvalue weighted by Gasteiger charge is -2.62. The Hall–Kier alpha value is -0.0800. The van der Waals surface area contributed by atoms with Gasteiger partial charge < -0.3 is 10.2 Å². The van der Waals surface area contributed by atoms with Gasteiger partial charge >= 0.3 is 0 Å². The fraction of sp³-hybridized carbons (Fsp3) is 1.00. The van der Waals surface area contributed by atoms with Crippen LogP contribution in [0.1, 0.15) is 105 Å². The van der Waals surface area contributed by atoms with Crippen LogP contribution in [-0.4, -0.2) is 22.4 Å².